The van der Waals surface area contributed by atoms with E-state index in [0.717, 1.165) is 19.4 Å². The highest BCUT2D eigenvalue weighted by atomic mass is 16.1. The second-order valence-corrected chi connectivity index (χ2v) is 5.13. The third-order valence-electron chi connectivity index (χ3n) is 3.67. The Balaban J connectivity index is 2.27. The van der Waals surface area contributed by atoms with Gasteiger partial charge in [0.25, 0.3) is 0 Å². The monoisotopic (exact) mass is 212 g/mol. The molecule has 1 saturated carbocycles. The number of nitrogens with two attached hydrogens (primary N) is 1. The van der Waals surface area contributed by atoms with Gasteiger partial charge in [0, 0.05) is 18.5 Å². The van der Waals surface area contributed by atoms with E-state index < -0.39 is 0 Å². The van der Waals surface area contributed by atoms with E-state index in [9.17, 15) is 4.79 Å². The molecular formula is C12H24N2O. The van der Waals surface area contributed by atoms with Crippen molar-refractivity contribution in [3.8, 4) is 0 Å². The van der Waals surface area contributed by atoms with Crippen molar-refractivity contribution in [3.05, 3.63) is 0 Å². The summed E-state index contributed by atoms with van der Waals surface area (Å²) in [4.78, 5) is 11.7. The molecule has 0 aliphatic heterocycles. The average molecular weight is 212 g/mol. The maximum atomic E-state index is 11.7. The standard InChI is InChI=1S/C12H24N2O/c1-8(2)9(3)12(15)14-7-10-5-4-6-11(10)13/h8-11H,4-7,13H2,1-3H3,(H,14,15). The molecule has 1 fully saturated rings. The maximum Gasteiger partial charge on any atom is 0.223 e. The van der Waals surface area contributed by atoms with E-state index in [1.807, 2.05) is 6.92 Å². The Kier molecular flexibility index (Phi) is 4.58. The van der Waals surface area contributed by atoms with E-state index >= 15 is 0 Å². The van der Waals surface area contributed by atoms with Crippen molar-refractivity contribution in [2.75, 3.05) is 6.54 Å². The Labute approximate surface area is 92.8 Å². The molecule has 0 heterocycles. The minimum atomic E-state index is 0.0997. The molecule has 0 saturated heterocycles. The first-order chi connectivity index (χ1) is 7.02. The molecule has 3 nitrogen and oxygen atoms in total. The van der Waals surface area contributed by atoms with Crippen LogP contribution in [-0.4, -0.2) is 18.5 Å². The highest BCUT2D eigenvalue weighted by Crippen LogP contribution is 2.23. The van der Waals surface area contributed by atoms with E-state index in [4.69, 9.17) is 5.73 Å². The molecule has 1 aliphatic rings. The Bertz CT molecular complexity index is 216. The third kappa shape index (κ3) is 3.49. The molecule has 0 aromatic rings. The van der Waals surface area contributed by atoms with Crippen molar-refractivity contribution in [1.29, 1.82) is 0 Å². The summed E-state index contributed by atoms with van der Waals surface area (Å²) in [5, 5.41) is 3.02. The lowest BCUT2D eigenvalue weighted by molar-refractivity contribution is -0.125. The molecule has 0 aromatic carbocycles. The van der Waals surface area contributed by atoms with Gasteiger partial charge in [0.1, 0.15) is 0 Å². The zero-order chi connectivity index (χ0) is 11.4. The topological polar surface area (TPSA) is 55.1 Å². The van der Waals surface area contributed by atoms with Crippen LogP contribution in [0.15, 0.2) is 0 Å². The number of amides is 1. The number of hydrogen-bond acceptors (Lipinski definition) is 2. The van der Waals surface area contributed by atoms with Crippen LogP contribution in [0.5, 0.6) is 0 Å². The van der Waals surface area contributed by atoms with Crippen LogP contribution in [0.1, 0.15) is 40.0 Å². The minimum Gasteiger partial charge on any atom is -0.356 e. The van der Waals surface area contributed by atoms with Gasteiger partial charge < -0.3 is 11.1 Å². The molecule has 0 radical (unpaired) electrons. The molecule has 0 aromatic heterocycles. The van der Waals surface area contributed by atoms with E-state index in [-0.39, 0.29) is 11.8 Å². The summed E-state index contributed by atoms with van der Waals surface area (Å²) >= 11 is 0. The normalized spacial score (nSPS) is 28.1. The van der Waals surface area contributed by atoms with Crippen LogP contribution < -0.4 is 11.1 Å². The van der Waals surface area contributed by atoms with Gasteiger partial charge in [0.2, 0.25) is 5.91 Å². The van der Waals surface area contributed by atoms with Gasteiger partial charge in [-0.1, -0.05) is 27.2 Å². The van der Waals surface area contributed by atoms with Gasteiger partial charge in [-0.25, -0.2) is 0 Å². The van der Waals surface area contributed by atoms with Crippen LogP contribution in [0, 0.1) is 17.8 Å². The highest BCUT2D eigenvalue weighted by Gasteiger charge is 2.25. The minimum absolute atomic E-state index is 0.0997. The molecule has 3 unspecified atom stereocenters. The molecule has 15 heavy (non-hydrogen) atoms. The van der Waals surface area contributed by atoms with Crippen molar-refractivity contribution < 1.29 is 4.79 Å². The fourth-order valence-electron chi connectivity index (χ4n) is 2.01. The molecule has 1 rings (SSSR count). The fourth-order valence-corrected chi connectivity index (χ4v) is 2.01. The predicted octanol–water partition coefficient (Wildman–Crippen LogP) is 1.52. The van der Waals surface area contributed by atoms with Gasteiger partial charge in [0.15, 0.2) is 0 Å². The summed E-state index contributed by atoms with van der Waals surface area (Å²) in [6.45, 7) is 6.89. The van der Waals surface area contributed by atoms with Crippen molar-refractivity contribution in [2.45, 2.75) is 46.1 Å². The first-order valence-electron chi connectivity index (χ1n) is 6.05. The number of carbonyl (C=O) groups is 1. The van der Waals surface area contributed by atoms with E-state index in [0.29, 0.717) is 17.9 Å². The fraction of sp³-hybridized carbons (Fsp3) is 0.917. The molecule has 88 valence electrons. The van der Waals surface area contributed by atoms with Crippen molar-refractivity contribution in [2.24, 2.45) is 23.5 Å². The van der Waals surface area contributed by atoms with Crippen molar-refractivity contribution >= 4 is 5.91 Å². The summed E-state index contributed by atoms with van der Waals surface area (Å²) in [6, 6.07) is 0.291. The van der Waals surface area contributed by atoms with Gasteiger partial charge in [-0.15, -0.1) is 0 Å². The van der Waals surface area contributed by atoms with Gasteiger partial charge in [-0.2, -0.15) is 0 Å². The van der Waals surface area contributed by atoms with E-state index in [1.54, 1.807) is 0 Å². The van der Waals surface area contributed by atoms with Gasteiger partial charge in [0.05, 0.1) is 0 Å². The summed E-state index contributed by atoms with van der Waals surface area (Å²) < 4.78 is 0. The summed E-state index contributed by atoms with van der Waals surface area (Å²) in [5.41, 5.74) is 5.95. The Hall–Kier alpha value is -0.570. The average Bonchev–Trinajstić information content (AvgIpc) is 2.59. The molecular weight excluding hydrogens is 188 g/mol. The summed E-state index contributed by atoms with van der Waals surface area (Å²) in [5.74, 6) is 1.17. The number of nitrogens with one attached hydrogen (secondary N) is 1. The molecule has 1 aliphatic carbocycles. The second-order valence-electron chi connectivity index (χ2n) is 5.13. The SMILES string of the molecule is CC(C)C(C)C(=O)NCC1CCCC1N. The summed E-state index contributed by atoms with van der Waals surface area (Å²) in [7, 11) is 0. The molecule has 3 atom stereocenters. The number of rotatable bonds is 4. The van der Waals surface area contributed by atoms with Crippen LogP contribution >= 0.6 is 0 Å². The van der Waals surface area contributed by atoms with Crippen molar-refractivity contribution in [1.82, 2.24) is 5.32 Å². The number of carbonyl (C=O) groups excluding carboxylic acids is 1. The third-order valence-corrected chi connectivity index (χ3v) is 3.67. The second kappa shape index (κ2) is 5.50. The first-order valence-corrected chi connectivity index (χ1v) is 6.05. The van der Waals surface area contributed by atoms with Crippen LogP contribution in [0.4, 0.5) is 0 Å². The van der Waals surface area contributed by atoms with Crippen LogP contribution in [-0.2, 0) is 4.79 Å². The van der Waals surface area contributed by atoms with Crippen molar-refractivity contribution in [3.63, 3.8) is 0 Å². The molecule has 0 bridgehead atoms. The smallest absolute Gasteiger partial charge is 0.223 e. The highest BCUT2D eigenvalue weighted by molar-refractivity contribution is 5.78. The predicted molar refractivity (Wildman–Crippen MR) is 62.3 cm³/mol. The number of hydrogen-bond donors (Lipinski definition) is 2. The molecule has 3 heteroatoms. The molecule has 3 N–H and O–H groups in total. The van der Waals surface area contributed by atoms with Gasteiger partial charge in [-0.05, 0) is 24.7 Å². The Morgan fingerprint density at radius 3 is 2.53 bits per heavy atom. The van der Waals surface area contributed by atoms with Gasteiger partial charge >= 0.3 is 0 Å². The zero-order valence-electron chi connectivity index (χ0n) is 10.1. The lowest BCUT2D eigenvalue weighted by atomic mass is 9.96. The molecule has 1 amide bonds. The lowest BCUT2D eigenvalue weighted by Crippen LogP contribution is -2.39. The van der Waals surface area contributed by atoms with Crippen LogP contribution in [0.2, 0.25) is 0 Å². The van der Waals surface area contributed by atoms with E-state index in [2.05, 4.69) is 19.2 Å². The Morgan fingerprint density at radius 2 is 2.07 bits per heavy atom. The molecule has 0 spiro atoms. The maximum absolute atomic E-state index is 11.7. The largest absolute Gasteiger partial charge is 0.356 e. The lowest BCUT2D eigenvalue weighted by Gasteiger charge is -2.19. The van der Waals surface area contributed by atoms with E-state index in [1.165, 1.54) is 6.42 Å². The van der Waals surface area contributed by atoms with Crippen LogP contribution in [0.3, 0.4) is 0 Å². The summed E-state index contributed by atoms with van der Waals surface area (Å²) in [6.07, 6.45) is 3.49. The Morgan fingerprint density at radius 1 is 1.40 bits per heavy atom. The first kappa shape index (κ1) is 12.5. The van der Waals surface area contributed by atoms with Gasteiger partial charge in [-0.3, -0.25) is 4.79 Å². The zero-order valence-corrected chi connectivity index (χ0v) is 10.1. The van der Waals surface area contributed by atoms with Crippen LogP contribution in [0.25, 0.3) is 0 Å². The quantitative estimate of drug-likeness (QED) is 0.742.